The van der Waals surface area contributed by atoms with Crippen LogP contribution in [-0.4, -0.2) is 48.7 Å². The summed E-state index contributed by atoms with van der Waals surface area (Å²) in [4.78, 5) is 23.1. The lowest BCUT2D eigenvalue weighted by atomic mass is 10.2. The third kappa shape index (κ3) is 4.70. The number of nitrogens with one attached hydrogen (secondary N) is 1. The minimum absolute atomic E-state index is 0.0899. The Bertz CT molecular complexity index is 1300. The van der Waals surface area contributed by atoms with Gasteiger partial charge in [0, 0.05) is 44.0 Å². The van der Waals surface area contributed by atoms with E-state index >= 15 is 0 Å². The predicted molar refractivity (Wildman–Crippen MR) is 123 cm³/mol. The van der Waals surface area contributed by atoms with Gasteiger partial charge >= 0.3 is 0 Å². The predicted octanol–water partition coefficient (Wildman–Crippen LogP) is 3.22. The number of hydrogen-bond donors (Lipinski definition) is 1. The Labute approximate surface area is 194 Å². The lowest BCUT2D eigenvalue weighted by Gasteiger charge is -2.35. The zero-order valence-electron chi connectivity index (χ0n) is 17.9. The van der Waals surface area contributed by atoms with Gasteiger partial charge in [-0.2, -0.15) is 4.31 Å². The molecular weight excluding hydrogens is 466 g/mol. The molecule has 2 heterocycles. The smallest absolute Gasteiger partial charge is 0.292 e. The Kier molecular flexibility index (Phi) is 6.47. The van der Waals surface area contributed by atoms with Crippen LogP contribution in [0, 0.1) is 20.2 Å². The summed E-state index contributed by atoms with van der Waals surface area (Å²) in [6.45, 7) is 1.12. The van der Waals surface area contributed by atoms with E-state index in [0.717, 1.165) is 6.07 Å². The van der Waals surface area contributed by atoms with Crippen LogP contribution in [0.3, 0.4) is 0 Å². The first kappa shape index (κ1) is 23.2. The minimum Gasteiger partial charge on any atom is -0.467 e. The number of nitrogens with zero attached hydrogens (tertiary/aromatic N) is 4. The Morgan fingerprint density at radius 2 is 1.62 bits per heavy atom. The maximum Gasteiger partial charge on any atom is 0.292 e. The molecule has 13 heteroatoms. The van der Waals surface area contributed by atoms with Crippen molar-refractivity contribution in [3.05, 3.63) is 86.8 Å². The summed E-state index contributed by atoms with van der Waals surface area (Å²) in [5.41, 5.74) is 0.449. The molecule has 1 aliphatic heterocycles. The van der Waals surface area contributed by atoms with Crippen LogP contribution in [-0.2, 0) is 16.6 Å². The number of para-hydroxylation sites is 1. The highest BCUT2D eigenvalue weighted by atomic mass is 32.2. The lowest BCUT2D eigenvalue weighted by Crippen LogP contribution is -2.48. The molecule has 0 aliphatic carbocycles. The second-order valence-corrected chi connectivity index (χ2v) is 9.41. The van der Waals surface area contributed by atoms with Crippen molar-refractivity contribution in [3.63, 3.8) is 0 Å². The normalized spacial score (nSPS) is 14.6. The average Bonchev–Trinajstić information content (AvgIpc) is 3.36. The molecule has 1 aliphatic rings. The van der Waals surface area contributed by atoms with E-state index in [4.69, 9.17) is 4.42 Å². The van der Waals surface area contributed by atoms with Gasteiger partial charge in [0.2, 0.25) is 10.0 Å². The number of hydrogen-bond acceptors (Lipinski definition) is 9. The molecule has 0 amide bonds. The summed E-state index contributed by atoms with van der Waals surface area (Å²) in [6.07, 6.45) is 1.51. The van der Waals surface area contributed by atoms with E-state index in [1.165, 1.54) is 34.8 Å². The van der Waals surface area contributed by atoms with E-state index in [1.807, 2.05) is 4.90 Å². The van der Waals surface area contributed by atoms with Gasteiger partial charge in [0.15, 0.2) is 4.90 Å². The van der Waals surface area contributed by atoms with Gasteiger partial charge in [-0.25, -0.2) is 8.42 Å². The number of rotatable bonds is 8. The summed E-state index contributed by atoms with van der Waals surface area (Å²) in [5, 5.41) is 25.7. The van der Waals surface area contributed by atoms with Crippen molar-refractivity contribution >= 4 is 32.8 Å². The van der Waals surface area contributed by atoms with Crippen LogP contribution in [0.1, 0.15) is 5.76 Å². The maximum atomic E-state index is 13.0. The van der Waals surface area contributed by atoms with Gasteiger partial charge in [0.05, 0.1) is 22.7 Å². The molecule has 0 atom stereocenters. The van der Waals surface area contributed by atoms with Crippen molar-refractivity contribution in [2.24, 2.45) is 0 Å². The number of furan rings is 1. The molecule has 1 fully saturated rings. The van der Waals surface area contributed by atoms with E-state index in [0.29, 0.717) is 30.2 Å². The van der Waals surface area contributed by atoms with Crippen LogP contribution in [0.25, 0.3) is 0 Å². The lowest BCUT2D eigenvalue weighted by molar-refractivity contribution is -0.387. The zero-order chi connectivity index (χ0) is 24.3. The topological polar surface area (TPSA) is 152 Å². The summed E-state index contributed by atoms with van der Waals surface area (Å²) in [7, 11) is -4.05. The fourth-order valence-electron chi connectivity index (χ4n) is 3.77. The van der Waals surface area contributed by atoms with Gasteiger partial charge in [0.25, 0.3) is 11.4 Å². The summed E-state index contributed by atoms with van der Waals surface area (Å²) in [6, 6.07) is 13.4. The molecular formula is C21H21N5O7S. The minimum atomic E-state index is -4.05. The van der Waals surface area contributed by atoms with Crippen molar-refractivity contribution in [1.29, 1.82) is 0 Å². The molecule has 0 saturated carbocycles. The molecule has 2 aromatic carbocycles. The largest absolute Gasteiger partial charge is 0.467 e. The highest BCUT2D eigenvalue weighted by Crippen LogP contribution is 2.32. The van der Waals surface area contributed by atoms with E-state index < -0.39 is 25.6 Å². The molecule has 0 bridgehead atoms. The van der Waals surface area contributed by atoms with Crippen molar-refractivity contribution in [1.82, 2.24) is 4.31 Å². The SMILES string of the molecule is O=[N+]([O-])c1ccc(N2CCN(S(=O)(=O)c3ccccc3[N+](=O)[O-])CC2)cc1NCc1ccco1. The second-order valence-electron chi connectivity index (χ2n) is 7.51. The van der Waals surface area contributed by atoms with Crippen LogP contribution < -0.4 is 10.2 Å². The summed E-state index contributed by atoms with van der Waals surface area (Å²) < 4.78 is 32.5. The zero-order valence-corrected chi connectivity index (χ0v) is 18.7. The number of nitro benzene ring substituents is 2. The van der Waals surface area contributed by atoms with Crippen LogP contribution in [0.5, 0.6) is 0 Å². The van der Waals surface area contributed by atoms with Crippen molar-refractivity contribution < 1.29 is 22.7 Å². The van der Waals surface area contributed by atoms with Crippen molar-refractivity contribution in [2.75, 3.05) is 36.4 Å². The monoisotopic (exact) mass is 487 g/mol. The molecule has 4 rings (SSSR count). The van der Waals surface area contributed by atoms with E-state index in [2.05, 4.69) is 5.32 Å². The number of nitro groups is 2. The highest BCUT2D eigenvalue weighted by molar-refractivity contribution is 7.89. The van der Waals surface area contributed by atoms with E-state index in [-0.39, 0.29) is 30.2 Å². The third-order valence-corrected chi connectivity index (χ3v) is 7.44. The first-order valence-electron chi connectivity index (χ1n) is 10.3. The number of benzene rings is 2. The standard InChI is InChI=1S/C21H21N5O7S/c27-25(28)19-8-7-16(14-18(19)22-15-17-4-3-13-33-17)23-9-11-24(12-10-23)34(31,32)21-6-2-1-5-20(21)26(29)30/h1-8,13-14,22H,9-12,15H2. The first-order chi connectivity index (χ1) is 16.3. The van der Waals surface area contributed by atoms with Crippen LogP contribution in [0.2, 0.25) is 0 Å². The third-order valence-electron chi connectivity index (χ3n) is 5.49. The van der Waals surface area contributed by atoms with E-state index in [9.17, 15) is 28.6 Å². The molecule has 1 saturated heterocycles. The van der Waals surface area contributed by atoms with Crippen molar-refractivity contribution in [3.8, 4) is 0 Å². The molecule has 3 aromatic rings. The van der Waals surface area contributed by atoms with Gasteiger partial charge in [0.1, 0.15) is 11.4 Å². The maximum absolute atomic E-state index is 13.0. The second kappa shape index (κ2) is 9.49. The van der Waals surface area contributed by atoms with Gasteiger partial charge < -0.3 is 14.6 Å². The number of sulfonamides is 1. The summed E-state index contributed by atoms with van der Waals surface area (Å²) in [5.74, 6) is 0.619. The number of anilines is 2. The molecule has 12 nitrogen and oxygen atoms in total. The fourth-order valence-corrected chi connectivity index (χ4v) is 5.35. The molecule has 178 valence electrons. The molecule has 0 spiro atoms. The summed E-state index contributed by atoms with van der Waals surface area (Å²) >= 11 is 0. The Morgan fingerprint density at radius 1 is 0.912 bits per heavy atom. The fraction of sp³-hybridized carbons (Fsp3) is 0.238. The van der Waals surface area contributed by atoms with Gasteiger partial charge in [-0.05, 0) is 30.3 Å². The average molecular weight is 487 g/mol. The van der Waals surface area contributed by atoms with Gasteiger partial charge in [-0.3, -0.25) is 20.2 Å². The first-order valence-corrected chi connectivity index (χ1v) is 11.7. The van der Waals surface area contributed by atoms with Crippen LogP contribution in [0.15, 0.2) is 70.2 Å². The molecule has 0 unspecified atom stereocenters. The van der Waals surface area contributed by atoms with Gasteiger partial charge in [-0.1, -0.05) is 12.1 Å². The van der Waals surface area contributed by atoms with E-state index in [1.54, 1.807) is 24.3 Å². The van der Waals surface area contributed by atoms with Gasteiger partial charge in [-0.15, -0.1) is 0 Å². The Morgan fingerprint density at radius 3 is 2.26 bits per heavy atom. The highest BCUT2D eigenvalue weighted by Gasteiger charge is 2.33. The van der Waals surface area contributed by atoms with Crippen molar-refractivity contribution in [2.45, 2.75) is 11.4 Å². The molecule has 1 N–H and O–H groups in total. The van der Waals surface area contributed by atoms with Crippen LogP contribution >= 0.6 is 0 Å². The quantitative estimate of drug-likeness (QED) is 0.373. The molecule has 0 radical (unpaired) electrons. The Balaban J connectivity index is 1.50. The Hall–Kier alpha value is -3.97. The number of piperazine rings is 1. The van der Waals surface area contributed by atoms with Crippen LogP contribution in [0.4, 0.5) is 22.7 Å². The molecule has 1 aromatic heterocycles. The molecule has 34 heavy (non-hydrogen) atoms.